The van der Waals surface area contributed by atoms with Crippen LogP contribution in [-0.2, 0) is 13.0 Å². The zero-order valence-corrected chi connectivity index (χ0v) is 12.2. The Morgan fingerprint density at radius 3 is 2.85 bits per heavy atom. The van der Waals surface area contributed by atoms with Crippen LogP contribution in [0.2, 0.25) is 5.02 Å². The van der Waals surface area contributed by atoms with E-state index in [-0.39, 0.29) is 5.78 Å². The maximum Gasteiger partial charge on any atom is 0.212 e. The minimum atomic E-state index is -0.0926. The third-order valence-corrected chi connectivity index (χ3v) is 3.40. The van der Waals surface area contributed by atoms with Gasteiger partial charge >= 0.3 is 0 Å². The van der Waals surface area contributed by atoms with Crippen LogP contribution in [-0.4, -0.2) is 22.1 Å². The molecule has 0 amide bonds. The standard InChI is InChI=1S/C15H18ClN3O/c1-2-9-19-14(13(16)10-18-19)15(20)12-6-4-3-5-11(12)7-8-17/h3-6,10H,2,7-9,17H2,1H3. The molecule has 2 N–H and O–H groups in total. The Hall–Kier alpha value is -1.65. The second-order valence-electron chi connectivity index (χ2n) is 4.59. The molecule has 0 aliphatic rings. The number of rotatable bonds is 6. The van der Waals surface area contributed by atoms with Crippen molar-refractivity contribution in [1.82, 2.24) is 9.78 Å². The van der Waals surface area contributed by atoms with Gasteiger partial charge in [-0.1, -0.05) is 42.8 Å². The van der Waals surface area contributed by atoms with Gasteiger partial charge in [-0.05, 0) is 24.9 Å². The molecule has 0 atom stereocenters. The van der Waals surface area contributed by atoms with Gasteiger partial charge in [0.25, 0.3) is 0 Å². The Morgan fingerprint density at radius 2 is 2.15 bits per heavy atom. The minimum absolute atomic E-state index is 0.0926. The normalized spacial score (nSPS) is 10.8. The Bertz CT molecular complexity index is 607. The summed E-state index contributed by atoms with van der Waals surface area (Å²) in [6.45, 7) is 3.21. The van der Waals surface area contributed by atoms with E-state index in [0.29, 0.717) is 35.8 Å². The summed E-state index contributed by atoms with van der Waals surface area (Å²) >= 11 is 6.13. The highest BCUT2D eigenvalue weighted by Crippen LogP contribution is 2.21. The molecule has 106 valence electrons. The van der Waals surface area contributed by atoms with Crippen LogP contribution in [0, 0.1) is 0 Å². The van der Waals surface area contributed by atoms with Crippen LogP contribution >= 0.6 is 11.6 Å². The number of hydrogen-bond donors (Lipinski definition) is 1. The highest BCUT2D eigenvalue weighted by atomic mass is 35.5. The maximum atomic E-state index is 12.7. The van der Waals surface area contributed by atoms with Crippen molar-refractivity contribution in [2.75, 3.05) is 6.54 Å². The first-order valence-corrected chi connectivity index (χ1v) is 7.10. The lowest BCUT2D eigenvalue weighted by atomic mass is 9.99. The van der Waals surface area contributed by atoms with Gasteiger partial charge < -0.3 is 5.73 Å². The summed E-state index contributed by atoms with van der Waals surface area (Å²) in [4.78, 5) is 12.7. The number of carbonyl (C=O) groups is 1. The Morgan fingerprint density at radius 1 is 1.40 bits per heavy atom. The maximum absolute atomic E-state index is 12.7. The van der Waals surface area contributed by atoms with E-state index in [1.54, 1.807) is 4.68 Å². The molecular formula is C15H18ClN3O. The lowest BCUT2D eigenvalue weighted by Crippen LogP contribution is -2.15. The van der Waals surface area contributed by atoms with E-state index in [1.165, 1.54) is 6.20 Å². The number of nitrogens with two attached hydrogens (primary N) is 1. The van der Waals surface area contributed by atoms with Crippen LogP contribution in [0.15, 0.2) is 30.5 Å². The number of halogens is 1. The predicted molar refractivity (Wildman–Crippen MR) is 80.2 cm³/mol. The second-order valence-corrected chi connectivity index (χ2v) is 5.00. The van der Waals surface area contributed by atoms with E-state index in [1.807, 2.05) is 31.2 Å². The number of hydrogen-bond acceptors (Lipinski definition) is 3. The summed E-state index contributed by atoms with van der Waals surface area (Å²) < 4.78 is 1.67. The lowest BCUT2D eigenvalue weighted by Gasteiger charge is -2.10. The van der Waals surface area contributed by atoms with Gasteiger partial charge in [-0.25, -0.2) is 0 Å². The molecule has 1 aromatic carbocycles. The minimum Gasteiger partial charge on any atom is -0.330 e. The lowest BCUT2D eigenvalue weighted by molar-refractivity contribution is 0.102. The fourth-order valence-corrected chi connectivity index (χ4v) is 2.44. The van der Waals surface area contributed by atoms with Crippen molar-refractivity contribution in [3.8, 4) is 0 Å². The van der Waals surface area contributed by atoms with Crippen molar-refractivity contribution in [3.63, 3.8) is 0 Å². The molecule has 0 aliphatic heterocycles. The molecule has 0 radical (unpaired) electrons. The number of aryl methyl sites for hydroxylation is 1. The van der Waals surface area contributed by atoms with E-state index in [2.05, 4.69) is 5.10 Å². The highest BCUT2D eigenvalue weighted by Gasteiger charge is 2.20. The largest absolute Gasteiger partial charge is 0.330 e. The number of ketones is 1. The zero-order chi connectivity index (χ0) is 14.5. The molecule has 0 aliphatic carbocycles. The molecule has 0 unspecified atom stereocenters. The van der Waals surface area contributed by atoms with Gasteiger partial charge in [-0.2, -0.15) is 5.10 Å². The summed E-state index contributed by atoms with van der Waals surface area (Å²) in [6, 6.07) is 7.50. The van der Waals surface area contributed by atoms with Crippen LogP contribution in [0.1, 0.15) is 35.0 Å². The van der Waals surface area contributed by atoms with Crippen molar-refractivity contribution >= 4 is 17.4 Å². The molecule has 0 spiro atoms. The molecule has 2 aromatic rings. The first-order chi connectivity index (χ1) is 9.69. The number of aromatic nitrogens is 2. The number of benzene rings is 1. The van der Waals surface area contributed by atoms with E-state index < -0.39 is 0 Å². The van der Waals surface area contributed by atoms with Crippen LogP contribution < -0.4 is 5.73 Å². The smallest absolute Gasteiger partial charge is 0.212 e. The monoisotopic (exact) mass is 291 g/mol. The quantitative estimate of drug-likeness (QED) is 0.832. The summed E-state index contributed by atoms with van der Waals surface area (Å²) in [7, 11) is 0. The average molecular weight is 292 g/mol. The summed E-state index contributed by atoms with van der Waals surface area (Å²) in [5.41, 5.74) is 7.65. The molecule has 0 saturated heterocycles. The summed E-state index contributed by atoms with van der Waals surface area (Å²) in [6.07, 6.45) is 3.08. The van der Waals surface area contributed by atoms with E-state index in [0.717, 1.165) is 12.0 Å². The summed E-state index contributed by atoms with van der Waals surface area (Å²) in [5.74, 6) is -0.0926. The Labute approximate surface area is 123 Å². The second kappa shape index (κ2) is 6.68. The van der Waals surface area contributed by atoms with Gasteiger partial charge in [0.15, 0.2) is 0 Å². The molecule has 1 heterocycles. The Balaban J connectivity index is 2.44. The van der Waals surface area contributed by atoms with Crippen molar-refractivity contribution < 1.29 is 4.79 Å². The third kappa shape index (κ3) is 2.92. The van der Waals surface area contributed by atoms with Gasteiger partial charge in [0.1, 0.15) is 5.69 Å². The molecule has 0 bridgehead atoms. The Kier molecular flexibility index (Phi) is 4.93. The first-order valence-electron chi connectivity index (χ1n) is 6.73. The number of nitrogens with zero attached hydrogens (tertiary/aromatic N) is 2. The highest BCUT2D eigenvalue weighted by molar-refractivity contribution is 6.34. The van der Waals surface area contributed by atoms with Crippen molar-refractivity contribution in [2.24, 2.45) is 5.73 Å². The SMILES string of the molecule is CCCn1ncc(Cl)c1C(=O)c1ccccc1CCN. The summed E-state index contributed by atoms with van der Waals surface area (Å²) in [5, 5.41) is 4.56. The fourth-order valence-electron chi connectivity index (χ4n) is 2.21. The van der Waals surface area contributed by atoms with Gasteiger partial charge in [-0.3, -0.25) is 9.48 Å². The van der Waals surface area contributed by atoms with E-state index in [9.17, 15) is 4.79 Å². The molecule has 1 aromatic heterocycles. The zero-order valence-electron chi connectivity index (χ0n) is 11.5. The molecule has 0 fully saturated rings. The fraction of sp³-hybridized carbons (Fsp3) is 0.333. The van der Waals surface area contributed by atoms with Crippen LogP contribution in [0.3, 0.4) is 0 Å². The van der Waals surface area contributed by atoms with Crippen LogP contribution in [0.4, 0.5) is 0 Å². The van der Waals surface area contributed by atoms with Crippen LogP contribution in [0.25, 0.3) is 0 Å². The van der Waals surface area contributed by atoms with Gasteiger partial charge in [-0.15, -0.1) is 0 Å². The molecule has 5 heteroatoms. The average Bonchev–Trinajstić information content (AvgIpc) is 2.81. The van der Waals surface area contributed by atoms with E-state index >= 15 is 0 Å². The van der Waals surface area contributed by atoms with Gasteiger partial charge in [0, 0.05) is 12.1 Å². The van der Waals surface area contributed by atoms with Crippen LogP contribution in [0.5, 0.6) is 0 Å². The molecule has 0 saturated carbocycles. The molecule has 2 rings (SSSR count). The van der Waals surface area contributed by atoms with Gasteiger partial charge in [0.2, 0.25) is 5.78 Å². The molecule has 20 heavy (non-hydrogen) atoms. The first kappa shape index (κ1) is 14.8. The van der Waals surface area contributed by atoms with Crippen molar-refractivity contribution in [2.45, 2.75) is 26.3 Å². The van der Waals surface area contributed by atoms with E-state index in [4.69, 9.17) is 17.3 Å². The van der Waals surface area contributed by atoms with Gasteiger partial charge in [0.05, 0.1) is 11.2 Å². The molecule has 4 nitrogen and oxygen atoms in total. The van der Waals surface area contributed by atoms with Crippen molar-refractivity contribution in [1.29, 1.82) is 0 Å². The van der Waals surface area contributed by atoms with Crippen molar-refractivity contribution in [3.05, 3.63) is 52.3 Å². The third-order valence-electron chi connectivity index (χ3n) is 3.12. The topological polar surface area (TPSA) is 60.9 Å². The predicted octanol–water partition coefficient (Wildman–Crippen LogP) is 2.68. The number of carbonyl (C=O) groups excluding carboxylic acids is 1. The molecular weight excluding hydrogens is 274 g/mol.